The van der Waals surface area contributed by atoms with Gasteiger partial charge in [0.2, 0.25) is 5.91 Å². The van der Waals surface area contributed by atoms with Crippen molar-refractivity contribution in [3.8, 4) is 5.75 Å². The molecule has 0 spiro atoms. The van der Waals surface area contributed by atoms with Gasteiger partial charge in [0.15, 0.2) is 5.96 Å². The third kappa shape index (κ3) is 9.67. The highest BCUT2D eigenvalue weighted by Crippen LogP contribution is 2.24. The Kier molecular flexibility index (Phi) is 10.2. The lowest BCUT2D eigenvalue weighted by molar-refractivity contribution is -0.140. The molecule has 2 aromatic rings. The summed E-state index contributed by atoms with van der Waals surface area (Å²) in [4.78, 5) is 36.7. The number of hydrogen-bond donors (Lipinski definition) is 5. The topological polar surface area (TPSA) is 200 Å². The summed E-state index contributed by atoms with van der Waals surface area (Å²) in [6.07, 6.45) is 0.527. The number of carboxylic acid groups (broad SMARTS) is 1. The van der Waals surface area contributed by atoms with Crippen LogP contribution in [-0.2, 0) is 19.7 Å². The van der Waals surface area contributed by atoms with Crippen LogP contribution >= 0.6 is 0 Å². The van der Waals surface area contributed by atoms with Gasteiger partial charge in [0.25, 0.3) is 10.1 Å². The third-order valence-electron chi connectivity index (χ3n) is 4.31. The van der Waals surface area contributed by atoms with Crippen LogP contribution < -0.4 is 20.7 Å². The molecule has 0 bridgehead atoms. The number of amides is 1. The number of rotatable bonds is 7. The smallest absolute Gasteiger partial charge is 0.343 e. The molecule has 0 aromatic heterocycles. The van der Waals surface area contributed by atoms with Crippen LogP contribution in [0.25, 0.3) is 0 Å². The summed E-state index contributed by atoms with van der Waals surface area (Å²) >= 11 is 0. The minimum Gasteiger partial charge on any atom is -0.481 e. The van der Waals surface area contributed by atoms with Crippen LogP contribution in [0.5, 0.6) is 5.75 Å². The van der Waals surface area contributed by atoms with Gasteiger partial charge in [-0.3, -0.25) is 19.6 Å². The second kappa shape index (κ2) is 12.3. The van der Waals surface area contributed by atoms with Crippen molar-refractivity contribution in [2.45, 2.75) is 12.3 Å². The first kappa shape index (κ1) is 28.1. The van der Waals surface area contributed by atoms with E-state index in [0.29, 0.717) is 23.1 Å². The second-order valence-electron chi connectivity index (χ2n) is 6.95. The van der Waals surface area contributed by atoms with Gasteiger partial charge in [0.1, 0.15) is 5.75 Å². The first-order valence-corrected chi connectivity index (χ1v) is 11.4. The number of carbonyl (C=O) groups excluding carboxylic acids is 2. The molecule has 12 nitrogen and oxygen atoms in total. The lowest BCUT2D eigenvalue weighted by atomic mass is 9.95. The fourth-order valence-electron chi connectivity index (χ4n) is 2.53. The third-order valence-corrected chi connectivity index (χ3v) is 4.31. The maximum Gasteiger partial charge on any atom is 0.343 e. The van der Waals surface area contributed by atoms with E-state index in [1.54, 1.807) is 31.3 Å². The molecule has 0 aliphatic heterocycles. The van der Waals surface area contributed by atoms with E-state index in [9.17, 15) is 27.9 Å². The molecule has 0 aliphatic rings. The summed E-state index contributed by atoms with van der Waals surface area (Å²) in [5, 5.41) is 19.1. The van der Waals surface area contributed by atoms with Crippen LogP contribution in [0.2, 0.25) is 0 Å². The van der Waals surface area contributed by atoms with E-state index in [4.69, 9.17) is 20.4 Å². The number of hydrogen-bond acceptors (Lipinski definition) is 7. The Balaban J connectivity index is 0.00000104. The van der Waals surface area contributed by atoms with Crippen LogP contribution in [-0.4, -0.2) is 62.2 Å². The number of nitrogens with one attached hydrogen (secondary N) is 2. The molecule has 1 unspecified atom stereocenters. The molecule has 34 heavy (non-hydrogen) atoms. The van der Waals surface area contributed by atoms with E-state index in [0.717, 1.165) is 0 Å². The molecule has 0 fully saturated rings. The zero-order valence-electron chi connectivity index (χ0n) is 18.7. The number of ether oxygens (including phenoxy) is 1. The zero-order chi connectivity index (χ0) is 26.1. The molecular weight excluding hydrogens is 468 g/mol. The summed E-state index contributed by atoms with van der Waals surface area (Å²) in [5.74, 6) is -2.97. The monoisotopic (exact) mass is 494 g/mol. The van der Waals surface area contributed by atoms with Crippen molar-refractivity contribution in [1.82, 2.24) is 5.32 Å². The van der Waals surface area contributed by atoms with Crippen molar-refractivity contribution in [2.24, 2.45) is 5.73 Å². The standard InChI is InChI=1S/C20H22N4O5.CH4O3S/c1-23-17(25)11-16(18(26)27)12-5-9-15(10-6-12)29-19(28)13-3-7-14(8-4-13)24(2)20(21)22;1-5(2,3)4/h3-10,16H,11H2,1-2H3,(H3,21,22)(H,23,25)(H,26,27);1H3,(H,2,3,4). The molecule has 0 heterocycles. The van der Waals surface area contributed by atoms with E-state index < -0.39 is 28.0 Å². The average molecular weight is 495 g/mol. The van der Waals surface area contributed by atoms with Crippen LogP contribution in [0.3, 0.4) is 0 Å². The maximum absolute atomic E-state index is 12.3. The summed E-state index contributed by atoms with van der Waals surface area (Å²) in [6.45, 7) is 0. The largest absolute Gasteiger partial charge is 0.481 e. The quantitative estimate of drug-likeness (QED) is 0.122. The molecule has 1 amide bonds. The number of carboxylic acids is 1. The van der Waals surface area contributed by atoms with Crippen LogP contribution in [0.1, 0.15) is 28.3 Å². The average Bonchev–Trinajstić information content (AvgIpc) is 2.76. The first-order valence-electron chi connectivity index (χ1n) is 9.58. The van der Waals surface area contributed by atoms with Crippen molar-refractivity contribution in [2.75, 3.05) is 25.3 Å². The number of aliphatic carboxylic acids is 1. The number of nitrogens with two attached hydrogens (primary N) is 1. The van der Waals surface area contributed by atoms with Gasteiger partial charge in [0.05, 0.1) is 17.7 Å². The Labute approximate surface area is 196 Å². The van der Waals surface area contributed by atoms with Crippen molar-refractivity contribution >= 4 is 39.6 Å². The molecule has 6 N–H and O–H groups in total. The zero-order valence-corrected chi connectivity index (χ0v) is 19.5. The first-order chi connectivity index (χ1) is 15.7. The van der Waals surface area contributed by atoms with E-state index in [2.05, 4.69) is 5.32 Å². The van der Waals surface area contributed by atoms with Gasteiger partial charge in [-0.25, -0.2) is 4.79 Å². The molecule has 0 aliphatic carbocycles. The highest BCUT2D eigenvalue weighted by Gasteiger charge is 2.23. The lowest BCUT2D eigenvalue weighted by Gasteiger charge is -2.16. The van der Waals surface area contributed by atoms with E-state index in [1.807, 2.05) is 0 Å². The Morgan fingerprint density at radius 3 is 2.03 bits per heavy atom. The molecule has 13 heteroatoms. The maximum atomic E-state index is 12.3. The minimum absolute atomic E-state index is 0.128. The van der Waals surface area contributed by atoms with Crippen LogP contribution in [0, 0.1) is 5.41 Å². The highest BCUT2D eigenvalue weighted by molar-refractivity contribution is 7.85. The minimum atomic E-state index is -3.67. The molecule has 184 valence electrons. The highest BCUT2D eigenvalue weighted by atomic mass is 32.2. The predicted molar refractivity (Wildman–Crippen MR) is 125 cm³/mol. The molecule has 2 rings (SSSR count). The Bertz CT molecular complexity index is 1120. The van der Waals surface area contributed by atoms with E-state index >= 15 is 0 Å². The Morgan fingerprint density at radius 2 is 1.62 bits per heavy atom. The number of esters is 1. The summed E-state index contributed by atoms with van der Waals surface area (Å²) < 4.78 is 31.2. The lowest BCUT2D eigenvalue weighted by Crippen LogP contribution is -2.32. The molecular formula is C21H26N4O8S. The van der Waals surface area contributed by atoms with Gasteiger partial charge in [-0.2, -0.15) is 8.42 Å². The predicted octanol–water partition coefficient (Wildman–Crippen LogP) is 1.04. The molecule has 2 aromatic carbocycles. The fourth-order valence-corrected chi connectivity index (χ4v) is 2.53. The molecule has 1 atom stereocenters. The van der Waals surface area contributed by atoms with Gasteiger partial charge in [0, 0.05) is 26.2 Å². The van der Waals surface area contributed by atoms with E-state index in [1.165, 1.54) is 36.2 Å². The molecule has 0 radical (unpaired) electrons. The number of nitrogens with zero attached hydrogens (tertiary/aromatic N) is 1. The molecule has 0 saturated heterocycles. The van der Waals surface area contributed by atoms with Crippen molar-refractivity contribution in [1.29, 1.82) is 5.41 Å². The van der Waals surface area contributed by atoms with Crippen molar-refractivity contribution in [3.63, 3.8) is 0 Å². The van der Waals surface area contributed by atoms with Crippen LogP contribution in [0.15, 0.2) is 48.5 Å². The summed E-state index contributed by atoms with van der Waals surface area (Å²) in [5.41, 5.74) is 6.79. The Hall–Kier alpha value is -3.97. The number of benzene rings is 2. The summed E-state index contributed by atoms with van der Waals surface area (Å²) in [7, 11) is -0.597. The van der Waals surface area contributed by atoms with Crippen molar-refractivity contribution in [3.05, 3.63) is 59.7 Å². The number of guanidine groups is 1. The van der Waals surface area contributed by atoms with Gasteiger partial charge in [-0.15, -0.1) is 0 Å². The fraction of sp³-hybridized carbons (Fsp3) is 0.238. The van der Waals surface area contributed by atoms with Gasteiger partial charge < -0.3 is 25.8 Å². The van der Waals surface area contributed by atoms with Crippen LogP contribution in [0.4, 0.5) is 5.69 Å². The second-order valence-corrected chi connectivity index (χ2v) is 8.42. The van der Waals surface area contributed by atoms with Gasteiger partial charge in [-0.05, 0) is 42.0 Å². The summed E-state index contributed by atoms with van der Waals surface area (Å²) in [6, 6.07) is 12.3. The number of carbonyl (C=O) groups is 3. The number of anilines is 1. The van der Waals surface area contributed by atoms with Gasteiger partial charge >= 0.3 is 11.9 Å². The molecule has 0 saturated carbocycles. The van der Waals surface area contributed by atoms with Crippen molar-refractivity contribution < 1.29 is 37.2 Å². The SMILES string of the molecule is CNC(=O)CC(C(=O)O)c1ccc(OC(=O)c2ccc(N(C)C(=N)N)cc2)cc1.CS(=O)(=O)O. The van der Waals surface area contributed by atoms with Gasteiger partial charge in [-0.1, -0.05) is 12.1 Å². The normalized spacial score (nSPS) is 11.3. The van der Waals surface area contributed by atoms with E-state index in [-0.39, 0.29) is 24.0 Å². The Morgan fingerprint density at radius 1 is 1.12 bits per heavy atom.